The lowest BCUT2D eigenvalue weighted by atomic mass is 10.0. The molecule has 1 aromatic heterocycles. The Labute approximate surface area is 139 Å². The normalized spacial score (nSPS) is 18.2. The van der Waals surface area contributed by atoms with E-state index < -0.39 is 5.82 Å². The number of benzene rings is 1. The van der Waals surface area contributed by atoms with Crippen LogP contribution >= 0.6 is 0 Å². The van der Waals surface area contributed by atoms with Crippen molar-refractivity contribution in [3.63, 3.8) is 0 Å². The first-order valence-electron chi connectivity index (χ1n) is 7.80. The Morgan fingerprint density at radius 1 is 1.42 bits per heavy atom. The molecule has 1 N–H and O–H groups in total. The summed E-state index contributed by atoms with van der Waals surface area (Å²) in [4.78, 5) is 5.44. The van der Waals surface area contributed by atoms with Crippen LogP contribution in [0.25, 0.3) is 0 Å². The van der Waals surface area contributed by atoms with E-state index in [4.69, 9.17) is 14.1 Å². The van der Waals surface area contributed by atoms with Crippen molar-refractivity contribution in [2.45, 2.75) is 32.4 Å². The molecule has 2 heterocycles. The first kappa shape index (κ1) is 16.4. The molecular formula is C17H20FN3O3. The average molecular weight is 333 g/mol. The number of nitrogens with one attached hydrogen (secondary N) is 1. The highest BCUT2D eigenvalue weighted by Gasteiger charge is 2.24. The lowest BCUT2D eigenvalue weighted by molar-refractivity contribution is 0.0829. The van der Waals surface area contributed by atoms with Gasteiger partial charge in [-0.3, -0.25) is 0 Å². The zero-order chi connectivity index (χ0) is 17.1. The molecule has 0 spiro atoms. The number of hydrogen-bond donors (Lipinski definition) is 1. The number of ether oxygens (including phenoxy) is 1. The molecule has 2 atom stereocenters. The summed E-state index contributed by atoms with van der Waals surface area (Å²) < 4.78 is 23.8. The third-order valence-corrected chi connectivity index (χ3v) is 3.96. The lowest BCUT2D eigenvalue weighted by Gasteiger charge is -2.14. The number of oxime groups is 1. The summed E-state index contributed by atoms with van der Waals surface area (Å²) >= 11 is 0. The van der Waals surface area contributed by atoms with Crippen LogP contribution in [0.1, 0.15) is 36.4 Å². The Kier molecular flexibility index (Phi) is 4.80. The summed E-state index contributed by atoms with van der Waals surface area (Å²) in [5.74, 6) is 0.588. The summed E-state index contributed by atoms with van der Waals surface area (Å²) in [6.45, 7) is 4.48. The zero-order valence-electron chi connectivity index (χ0n) is 13.9. The standard InChI is InChI=1S/C17H20FN3O3/c1-10-6-15(20-23-10)11(2)19-9-13-8-16(21-24-13)12-4-5-17(22-3)14(18)7-12/h4-7,11,13,19H,8-9H2,1-3H3. The number of aromatic nitrogens is 1. The summed E-state index contributed by atoms with van der Waals surface area (Å²) in [6, 6.07) is 6.73. The summed E-state index contributed by atoms with van der Waals surface area (Å²) in [5, 5.41) is 11.4. The van der Waals surface area contributed by atoms with Gasteiger partial charge in [0.15, 0.2) is 11.6 Å². The molecule has 1 aliphatic heterocycles. The van der Waals surface area contributed by atoms with Gasteiger partial charge in [0.05, 0.1) is 18.9 Å². The van der Waals surface area contributed by atoms with E-state index in [1.807, 2.05) is 19.9 Å². The van der Waals surface area contributed by atoms with Crippen molar-refractivity contribution < 1.29 is 18.5 Å². The molecule has 0 fully saturated rings. The second-order valence-electron chi connectivity index (χ2n) is 5.81. The lowest BCUT2D eigenvalue weighted by Crippen LogP contribution is -2.29. The maximum Gasteiger partial charge on any atom is 0.165 e. The molecular weight excluding hydrogens is 313 g/mol. The van der Waals surface area contributed by atoms with Gasteiger partial charge < -0.3 is 19.4 Å². The molecule has 128 valence electrons. The smallest absolute Gasteiger partial charge is 0.165 e. The fraction of sp³-hybridized carbons (Fsp3) is 0.412. The van der Waals surface area contributed by atoms with Crippen molar-refractivity contribution >= 4 is 5.71 Å². The predicted octanol–water partition coefficient (Wildman–Crippen LogP) is 2.97. The van der Waals surface area contributed by atoms with E-state index in [9.17, 15) is 4.39 Å². The predicted molar refractivity (Wildman–Crippen MR) is 86.6 cm³/mol. The summed E-state index contributed by atoms with van der Waals surface area (Å²) in [7, 11) is 1.44. The van der Waals surface area contributed by atoms with Crippen molar-refractivity contribution in [3.8, 4) is 5.75 Å². The minimum Gasteiger partial charge on any atom is -0.494 e. The first-order valence-corrected chi connectivity index (χ1v) is 7.80. The van der Waals surface area contributed by atoms with Crippen LogP contribution in [0.4, 0.5) is 4.39 Å². The summed E-state index contributed by atoms with van der Waals surface area (Å²) in [6.07, 6.45) is 0.518. The van der Waals surface area contributed by atoms with Gasteiger partial charge in [0.1, 0.15) is 17.6 Å². The quantitative estimate of drug-likeness (QED) is 0.880. The molecule has 0 saturated heterocycles. The van der Waals surface area contributed by atoms with Crippen molar-refractivity contribution in [2.75, 3.05) is 13.7 Å². The molecule has 0 bridgehead atoms. The van der Waals surface area contributed by atoms with Crippen LogP contribution in [0.5, 0.6) is 5.75 Å². The highest BCUT2D eigenvalue weighted by atomic mass is 19.1. The first-order chi connectivity index (χ1) is 11.6. The highest BCUT2D eigenvalue weighted by molar-refractivity contribution is 6.01. The molecule has 0 radical (unpaired) electrons. The Morgan fingerprint density at radius 3 is 2.92 bits per heavy atom. The number of halogens is 1. The largest absolute Gasteiger partial charge is 0.494 e. The van der Waals surface area contributed by atoms with E-state index in [-0.39, 0.29) is 17.9 Å². The maximum atomic E-state index is 13.8. The molecule has 0 amide bonds. The van der Waals surface area contributed by atoms with Crippen LogP contribution in [0, 0.1) is 12.7 Å². The molecule has 3 rings (SSSR count). The molecule has 0 aliphatic carbocycles. The minimum atomic E-state index is -0.408. The van der Waals surface area contributed by atoms with Crippen LogP contribution in [0.2, 0.25) is 0 Å². The molecule has 2 aromatic rings. The van der Waals surface area contributed by atoms with E-state index in [1.165, 1.54) is 13.2 Å². The van der Waals surface area contributed by atoms with E-state index in [0.29, 0.717) is 18.5 Å². The molecule has 2 unspecified atom stereocenters. The van der Waals surface area contributed by atoms with Gasteiger partial charge in [-0.15, -0.1) is 0 Å². The second-order valence-corrected chi connectivity index (χ2v) is 5.81. The Balaban J connectivity index is 1.54. The molecule has 24 heavy (non-hydrogen) atoms. The molecule has 1 aromatic carbocycles. The van der Waals surface area contributed by atoms with Gasteiger partial charge in [0, 0.05) is 24.6 Å². The van der Waals surface area contributed by atoms with Gasteiger partial charge >= 0.3 is 0 Å². The number of methoxy groups -OCH3 is 1. The molecule has 1 aliphatic rings. The number of hydrogen-bond acceptors (Lipinski definition) is 6. The van der Waals surface area contributed by atoms with Gasteiger partial charge in [0.2, 0.25) is 0 Å². The Bertz CT molecular complexity index is 744. The van der Waals surface area contributed by atoms with E-state index in [0.717, 1.165) is 17.2 Å². The van der Waals surface area contributed by atoms with Crippen LogP contribution in [0.3, 0.4) is 0 Å². The summed E-state index contributed by atoms with van der Waals surface area (Å²) in [5.41, 5.74) is 2.29. The van der Waals surface area contributed by atoms with E-state index >= 15 is 0 Å². The SMILES string of the molecule is COc1ccc(C2=NOC(CNC(C)c3cc(C)on3)C2)cc1F. The second kappa shape index (κ2) is 7.00. The topological polar surface area (TPSA) is 68.9 Å². The Hall–Kier alpha value is -2.41. The molecule has 6 nitrogen and oxygen atoms in total. The van der Waals surface area contributed by atoms with Crippen LogP contribution < -0.4 is 10.1 Å². The monoisotopic (exact) mass is 333 g/mol. The van der Waals surface area contributed by atoms with Crippen LogP contribution in [0.15, 0.2) is 33.9 Å². The molecule has 0 saturated carbocycles. The van der Waals surface area contributed by atoms with Crippen molar-refractivity contribution in [1.82, 2.24) is 10.5 Å². The third-order valence-electron chi connectivity index (χ3n) is 3.96. The van der Waals surface area contributed by atoms with Crippen LogP contribution in [-0.2, 0) is 4.84 Å². The Morgan fingerprint density at radius 2 is 2.25 bits per heavy atom. The number of aryl methyl sites for hydroxylation is 1. The minimum absolute atomic E-state index is 0.0496. The average Bonchev–Trinajstić information content (AvgIpc) is 3.21. The number of nitrogens with zero attached hydrogens (tertiary/aromatic N) is 2. The van der Waals surface area contributed by atoms with Gasteiger partial charge in [-0.2, -0.15) is 0 Å². The van der Waals surface area contributed by atoms with Gasteiger partial charge in [-0.05, 0) is 32.0 Å². The third kappa shape index (κ3) is 3.56. The molecule has 7 heteroatoms. The van der Waals surface area contributed by atoms with E-state index in [2.05, 4.69) is 15.6 Å². The van der Waals surface area contributed by atoms with Crippen molar-refractivity contribution in [3.05, 3.63) is 47.1 Å². The van der Waals surface area contributed by atoms with Crippen molar-refractivity contribution in [2.24, 2.45) is 5.16 Å². The van der Waals surface area contributed by atoms with Gasteiger partial charge in [-0.1, -0.05) is 10.3 Å². The maximum absolute atomic E-state index is 13.8. The fourth-order valence-corrected chi connectivity index (χ4v) is 2.56. The van der Waals surface area contributed by atoms with Crippen molar-refractivity contribution in [1.29, 1.82) is 0 Å². The zero-order valence-corrected chi connectivity index (χ0v) is 13.9. The number of rotatable bonds is 6. The highest BCUT2D eigenvalue weighted by Crippen LogP contribution is 2.22. The van der Waals surface area contributed by atoms with Crippen LogP contribution in [-0.4, -0.2) is 30.6 Å². The van der Waals surface area contributed by atoms with Gasteiger partial charge in [-0.25, -0.2) is 4.39 Å². The van der Waals surface area contributed by atoms with Gasteiger partial charge in [0.25, 0.3) is 0 Å². The fourth-order valence-electron chi connectivity index (χ4n) is 2.56. The van der Waals surface area contributed by atoms with E-state index in [1.54, 1.807) is 12.1 Å².